The second-order valence-electron chi connectivity index (χ2n) is 8.09. The van der Waals surface area contributed by atoms with E-state index in [2.05, 4.69) is 20.0 Å². The molecular formula is C24H26N6O6S. The number of hydrogen-bond donors (Lipinski definition) is 2. The van der Waals surface area contributed by atoms with Crippen molar-refractivity contribution in [1.82, 2.24) is 14.9 Å². The number of aromatic nitrogens is 2. The van der Waals surface area contributed by atoms with Crippen molar-refractivity contribution in [3.63, 3.8) is 0 Å². The minimum absolute atomic E-state index is 0.0177. The van der Waals surface area contributed by atoms with Crippen LogP contribution in [0.3, 0.4) is 0 Å². The lowest BCUT2D eigenvalue weighted by Crippen LogP contribution is -2.37. The Hall–Kier alpha value is -4.39. The number of amides is 3. The zero-order valence-electron chi connectivity index (χ0n) is 20.5. The van der Waals surface area contributed by atoms with Crippen LogP contribution in [0.15, 0.2) is 59.6 Å². The maximum absolute atomic E-state index is 12.9. The molecule has 194 valence electrons. The van der Waals surface area contributed by atoms with E-state index in [9.17, 15) is 18.0 Å². The Morgan fingerprint density at radius 3 is 2.43 bits per heavy atom. The molecule has 0 atom stereocenters. The molecule has 1 aromatic heterocycles. The van der Waals surface area contributed by atoms with Gasteiger partial charge in [-0.1, -0.05) is 0 Å². The first kappa shape index (κ1) is 25.7. The van der Waals surface area contributed by atoms with E-state index in [1.807, 2.05) is 0 Å². The van der Waals surface area contributed by atoms with E-state index in [1.165, 1.54) is 49.6 Å². The van der Waals surface area contributed by atoms with Crippen molar-refractivity contribution < 1.29 is 27.5 Å². The van der Waals surface area contributed by atoms with Crippen LogP contribution in [0.5, 0.6) is 11.5 Å². The molecule has 1 fully saturated rings. The first-order valence-corrected chi connectivity index (χ1v) is 12.7. The van der Waals surface area contributed by atoms with Crippen LogP contribution in [0.1, 0.15) is 5.69 Å². The van der Waals surface area contributed by atoms with E-state index < -0.39 is 15.9 Å². The number of carbonyl (C=O) groups is 2. The summed E-state index contributed by atoms with van der Waals surface area (Å²) in [5, 5.41) is 2.69. The fraction of sp³-hybridized carbons (Fsp3) is 0.250. The third-order valence-electron chi connectivity index (χ3n) is 5.58. The third kappa shape index (κ3) is 5.89. The van der Waals surface area contributed by atoms with E-state index in [1.54, 1.807) is 36.1 Å². The zero-order chi connectivity index (χ0) is 26.6. The molecule has 3 amide bonds. The quantitative estimate of drug-likeness (QED) is 0.433. The van der Waals surface area contributed by atoms with Gasteiger partial charge in [0.15, 0.2) is 11.5 Å². The number of rotatable bonds is 9. The van der Waals surface area contributed by atoms with Gasteiger partial charge in [-0.25, -0.2) is 27.9 Å². The minimum Gasteiger partial charge on any atom is -0.493 e. The van der Waals surface area contributed by atoms with Gasteiger partial charge in [0.05, 0.1) is 19.1 Å². The Kier molecular flexibility index (Phi) is 7.43. The Bertz CT molecular complexity index is 1410. The molecule has 0 unspecified atom stereocenters. The lowest BCUT2D eigenvalue weighted by molar-refractivity contribution is -0.116. The number of benzene rings is 2. The fourth-order valence-corrected chi connectivity index (χ4v) is 4.68. The summed E-state index contributed by atoms with van der Waals surface area (Å²) < 4.78 is 38.0. The predicted molar refractivity (Wildman–Crippen MR) is 137 cm³/mol. The number of nitrogens with zero attached hydrogens (tertiary/aromatic N) is 4. The molecule has 0 radical (unpaired) electrons. The third-order valence-corrected chi connectivity index (χ3v) is 6.92. The van der Waals surface area contributed by atoms with Crippen molar-refractivity contribution >= 4 is 39.3 Å². The first-order valence-electron chi connectivity index (χ1n) is 11.2. The zero-order valence-corrected chi connectivity index (χ0v) is 21.3. The number of anilines is 3. The molecule has 2 N–H and O–H groups in total. The van der Waals surface area contributed by atoms with Crippen LogP contribution in [0.2, 0.25) is 0 Å². The van der Waals surface area contributed by atoms with Gasteiger partial charge in [-0.3, -0.25) is 9.69 Å². The summed E-state index contributed by atoms with van der Waals surface area (Å²) >= 11 is 0. The number of ether oxygens (including phenoxy) is 2. The maximum atomic E-state index is 12.9. The largest absolute Gasteiger partial charge is 0.493 e. The number of hydrogen-bond acceptors (Lipinski definition) is 8. The van der Waals surface area contributed by atoms with Crippen LogP contribution in [-0.4, -0.2) is 69.1 Å². The first-order chi connectivity index (χ1) is 17.7. The highest BCUT2D eigenvalue weighted by molar-refractivity contribution is 7.92. The summed E-state index contributed by atoms with van der Waals surface area (Å²) in [4.78, 5) is 36.4. The van der Waals surface area contributed by atoms with Crippen molar-refractivity contribution in [2.45, 2.75) is 11.8 Å². The van der Waals surface area contributed by atoms with Gasteiger partial charge in [0.25, 0.3) is 10.0 Å². The summed E-state index contributed by atoms with van der Waals surface area (Å²) in [6, 6.07) is 12.1. The highest BCUT2D eigenvalue weighted by Crippen LogP contribution is 2.32. The van der Waals surface area contributed by atoms with Crippen molar-refractivity contribution in [2.75, 3.05) is 48.8 Å². The smallest absolute Gasteiger partial charge is 0.325 e. The van der Waals surface area contributed by atoms with Crippen LogP contribution in [0, 0.1) is 6.92 Å². The van der Waals surface area contributed by atoms with E-state index >= 15 is 0 Å². The molecule has 0 aliphatic carbocycles. The average molecular weight is 527 g/mol. The lowest BCUT2D eigenvalue weighted by atomic mass is 10.2. The molecule has 0 bridgehead atoms. The molecule has 1 aliphatic heterocycles. The summed E-state index contributed by atoms with van der Waals surface area (Å²) in [5.74, 6) is 0.600. The molecule has 3 aromatic rings. The van der Waals surface area contributed by atoms with Gasteiger partial charge in [-0.05, 0) is 49.4 Å². The molecule has 4 rings (SSSR count). The van der Waals surface area contributed by atoms with Gasteiger partial charge in [0.1, 0.15) is 6.54 Å². The molecule has 0 spiro atoms. The van der Waals surface area contributed by atoms with Crippen molar-refractivity contribution in [1.29, 1.82) is 0 Å². The van der Waals surface area contributed by atoms with Crippen molar-refractivity contribution in [3.8, 4) is 11.5 Å². The molecule has 2 heterocycles. The van der Waals surface area contributed by atoms with Crippen LogP contribution < -0.4 is 24.4 Å². The summed E-state index contributed by atoms with van der Waals surface area (Å²) in [5.41, 5.74) is 1.64. The Morgan fingerprint density at radius 2 is 1.76 bits per heavy atom. The van der Waals surface area contributed by atoms with Crippen molar-refractivity contribution in [2.24, 2.45) is 0 Å². The second-order valence-corrected chi connectivity index (χ2v) is 9.78. The standard InChI is InChI=1S/C24H26N6O6S/c1-16-10-11-25-23(26-16)28-37(33,34)19-7-4-17(5-8-19)27-22(31)15-29-12-13-30(24(29)32)18-6-9-20(35-2)21(14-18)36-3/h4-11,14H,12-13,15H2,1-3H3,(H,27,31)(H,25,26,28). The average Bonchev–Trinajstić information content (AvgIpc) is 3.23. The van der Waals surface area contributed by atoms with Crippen molar-refractivity contribution in [3.05, 3.63) is 60.4 Å². The Balaban J connectivity index is 1.35. The summed E-state index contributed by atoms with van der Waals surface area (Å²) in [6.07, 6.45) is 1.46. The molecule has 2 aromatic carbocycles. The summed E-state index contributed by atoms with van der Waals surface area (Å²) in [6.45, 7) is 2.34. The predicted octanol–water partition coefficient (Wildman–Crippen LogP) is 2.48. The molecule has 37 heavy (non-hydrogen) atoms. The van der Waals surface area contributed by atoms with Gasteiger partial charge in [0.2, 0.25) is 11.9 Å². The molecule has 1 aliphatic rings. The number of urea groups is 1. The van der Waals surface area contributed by atoms with Gasteiger partial charge in [-0.15, -0.1) is 0 Å². The van der Waals surface area contributed by atoms with Crippen LogP contribution in [0.25, 0.3) is 0 Å². The van der Waals surface area contributed by atoms with Crippen LogP contribution in [-0.2, 0) is 14.8 Å². The number of sulfonamides is 1. The maximum Gasteiger partial charge on any atom is 0.325 e. The molecule has 0 saturated carbocycles. The lowest BCUT2D eigenvalue weighted by Gasteiger charge is -2.19. The number of aryl methyl sites for hydroxylation is 1. The highest BCUT2D eigenvalue weighted by Gasteiger charge is 2.31. The topological polar surface area (TPSA) is 143 Å². The number of nitrogens with one attached hydrogen (secondary N) is 2. The highest BCUT2D eigenvalue weighted by atomic mass is 32.2. The molecule has 12 nitrogen and oxygen atoms in total. The summed E-state index contributed by atoms with van der Waals surface area (Å²) in [7, 11) is -0.861. The molecular weight excluding hydrogens is 500 g/mol. The van der Waals surface area contributed by atoms with Gasteiger partial charge >= 0.3 is 6.03 Å². The number of methoxy groups -OCH3 is 2. The van der Waals surface area contributed by atoms with Crippen LogP contribution in [0.4, 0.5) is 22.1 Å². The minimum atomic E-state index is -3.91. The Labute approximate surface area is 214 Å². The van der Waals surface area contributed by atoms with E-state index in [0.717, 1.165) is 0 Å². The monoisotopic (exact) mass is 526 g/mol. The van der Waals surface area contributed by atoms with Gasteiger partial charge in [0, 0.05) is 42.4 Å². The van der Waals surface area contributed by atoms with Gasteiger partial charge < -0.3 is 19.7 Å². The normalized spacial score (nSPS) is 13.4. The SMILES string of the molecule is COc1ccc(N2CCN(CC(=O)Nc3ccc(S(=O)(=O)Nc4nccc(C)n4)cc3)C2=O)cc1OC. The van der Waals surface area contributed by atoms with Gasteiger partial charge in [-0.2, -0.15) is 0 Å². The fourth-order valence-electron chi connectivity index (χ4n) is 3.73. The molecule has 1 saturated heterocycles. The van der Waals surface area contributed by atoms with E-state index in [-0.39, 0.29) is 23.4 Å². The van der Waals surface area contributed by atoms with E-state index in [0.29, 0.717) is 41.7 Å². The number of carbonyl (C=O) groups excluding carboxylic acids is 2. The van der Waals surface area contributed by atoms with Crippen LogP contribution >= 0.6 is 0 Å². The van der Waals surface area contributed by atoms with E-state index in [4.69, 9.17) is 9.47 Å². The Morgan fingerprint density at radius 1 is 1.03 bits per heavy atom. The second kappa shape index (κ2) is 10.7. The molecule has 13 heteroatoms.